The Hall–Kier alpha value is -2.25. The van der Waals surface area contributed by atoms with Gasteiger partial charge in [-0.2, -0.15) is 0 Å². The van der Waals surface area contributed by atoms with Crippen LogP contribution in [0.3, 0.4) is 0 Å². The lowest BCUT2D eigenvalue weighted by Crippen LogP contribution is -2.42. The molecule has 3 aromatic rings. The first-order chi connectivity index (χ1) is 16.5. The van der Waals surface area contributed by atoms with Gasteiger partial charge in [0.2, 0.25) is 0 Å². The average Bonchev–Trinajstić information content (AvgIpc) is 2.88. The lowest BCUT2D eigenvalue weighted by molar-refractivity contribution is 0.0234. The second kappa shape index (κ2) is 11.5. The van der Waals surface area contributed by atoms with Gasteiger partial charge in [0.25, 0.3) is 0 Å². The molecule has 4 rings (SSSR count). The lowest BCUT2D eigenvalue weighted by atomic mass is 9.74. The Morgan fingerprint density at radius 2 is 2.00 bits per heavy atom. The maximum atomic E-state index is 11.1. The van der Waals surface area contributed by atoms with Gasteiger partial charge in [-0.25, -0.2) is 0 Å². The fraction of sp³-hybridized carbons (Fsp3) is 0.481. The molecule has 1 atom stereocenters. The molecule has 6 nitrogen and oxygen atoms in total. The van der Waals surface area contributed by atoms with Crippen molar-refractivity contribution in [3.63, 3.8) is 0 Å². The molecule has 0 aliphatic carbocycles. The first kappa shape index (κ1) is 24.9. The Kier molecular flexibility index (Phi) is 8.37. The Morgan fingerprint density at radius 3 is 2.71 bits per heavy atom. The number of likely N-dealkylation sites (tertiary alicyclic amines) is 1. The fourth-order valence-electron chi connectivity index (χ4n) is 4.99. The van der Waals surface area contributed by atoms with E-state index in [1.807, 2.05) is 36.5 Å². The van der Waals surface area contributed by atoms with Crippen LogP contribution in [0.2, 0.25) is 5.02 Å². The molecule has 1 saturated heterocycles. The van der Waals surface area contributed by atoms with Crippen molar-refractivity contribution in [2.75, 3.05) is 33.4 Å². The van der Waals surface area contributed by atoms with E-state index in [-0.39, 0.29) is 12.0 Å². The van der Waals surface area contributed by atoms with Crippen molar-refractivity contribution < 1.29 is 14.9 Å². The van der Waals surface area contributed by atoms with E-state index in [0.29, 0.717) is 22.8 Å². The number of aliphatic hydroxyl groups is 2. The van der Waals surface area contributed by atoms with Gasteiger partial charge in [0.15, 0.2) is 0 Å². The molecule has 1 aliphatic rings. The molecule has 0 unspecified atom stereocenters. The highest BCUT2D eigenvalue weighted by Crippen LogP contribution is 2.40. The summed E-state index contributed by atoms with van der Waals surface area (Å²) in [5.41, 5.74) is 2.43. The number of hydrogen-bond acceptors (Lipinski definition) is 6. The van der Waals surface area contributed by atoms with Gasteiger partial charge in [-0.1, -0.05) is 17.7 Å². The smallest absolute Gasteiger partial charge is 0.119 e. The summed E-state index contributed by atoms with van der Waals surface area (Å²) < 4.78 is 5.35. The minimum Gasteiger partial charge on any atom is -0.497 e. The highest BCUT2D eigenvalue weighted by atomic mass is 35.5. The molecule has 182 valence electrons. The molecule has 3 heterocycles. The highest BCUT2D eigenvalue weighted by Gasteiger charge is 2.34. The van der Waals surface area contributed by atoms with Gasteiger partial charge in [0.05, 0.1) is 23.8 Å². The summed E-state index contributed by atoms with van der Waals surface area (Å²) >= 11 is 6.47. The van der Waals surface area contributed by atoms with E-state index in [2.05, 4.69) is 20.9 Å². The van der Waals surface area contributed by atoms with Gasteiger partial charge in [-0.3, -0.25) is 9.97 Å². The van der Waals surface area contributed by atoms with Crippen LogP contribution in [0, 0.1) is 5.41 Å². The van der Waals surface area contributed by atoms with Gasteiger partial charge < -0.3 is 19.8 Å². The predicted octanol–water partition coefficient (Wildman–Crippen LogP) is 4.81. The van der Waals surface area contributed by atoms with Crippen molar-refractivity contribution in [3.8, 4) is 5.75 Å². The minimum atomic E-state index is -0.732. The van der Waals surface area contributed by atoms with Crippen molar-refractivity contribution in [2.24, 2.45) is 5.41 Å². The third-order valence-corrected chi connectivity index (χ3v) is 7.54. The van der Waals surface area contributed by atoms with Crippen LogP contribution in [-0.4, -0.2) is 58.4 Å². The SMILES string of the molecule is COc1ccc2ncc(Cl)c([C@@H](O)CCC3(CO)CCN(CCCc4ccccn4)CC3)c2c1. The van der Waals surface area contributed by atoms with Gasteiger partial charge in [-0.15, -0.1) is 0 Å². The second-order valence-corrected chi connectivity index (χ2v) is 9.79. The summed E-state index contributed by atoms with van der Waals surface area (Å²) in [6, 6.07) is 11.7. The van der Waals surface area contributed by atoms with Crippen LogP contribution in [0.4, 0.5) is 0 Å². The van der Waals surface area contributed by atoms with Crippen LogP contribution in [0.25, 0.3) is 10.9 Å². The molecule has 7 heteroatoms. The van der Waals surface area contributed by atoms with Crippen LogP contribution in [0.15, 0.2) is 48.8 Å². The first-order valence-electron chi connectivity index (χ1n) is 12.1. The molecular formula is C27H34ClN3O3. The standard InChI is InChI=1S/C27H34ClN3O3/c1-34-21-7-8-24-22(17-21)26(23(28)18-30-24)25(33)9-10-27(19-32)11-15-31(16-12-27)14-4-6-20-5-2-3-13-29-20/h2-3,5,7-8,13,17-18,25,32-33H,4,6,9-12,14-16,19H2,1H3/t25-/m0/s1. The molecule has 0 bridgehead atoms. The Balaban J connectivity index is 1.34. The summed E-state index contributed by atoms with van der Waals surface area (Å²) in [7, 11) is 1.62. The van der Waals surface area contributed by atoms with E-state index in [1.54, 1.807) is 13.3 Å². The van der Waals surface area contributed by atoms with E-state index in [0.717, 1.165) is 68.3 Å². The Labute approximate surface area is 206 Å². The summed E-state index contributed by atoms with van der Waals surface area (Å²) in [6.07, 6.45) is 7.92. The fourth-order valence-corrected chi connectivity index (χ4v) is 5.27. The summed E-state index contributed by atoms with van der Waals surface area (Å²) in [5, 5.41) is 22.7. The van der Waals surface area contributed by atoms with Crippen molar-refractivity contribution in [2.45, 2.75) is 44.6 Å². The third kappa shape index (κ3) is 5.87. The number of aromatic nitrogens is 2. The number of ether oxygens (including phenoxy) is 1. The number of aliphatic hydroxyl groups excluding tert-OH is 2. The second-order valence-electron chi connectivity index (χ2n) is 9.38. The topological polar surface area (TPSA) is 78.7 Å². The predicted molar refractivity (Wildman–Crippen MR) is 135 cm³/mol. The van der Waals surface area contributed by atoms with Gasteiger partial charge in [0, 0.05) is 35.6 Å². The summed E-state index contributed by atoms with van der Waals surface area (Å²) in [4.78, 5) is 11.3. The van der Waals surface area contributed by atoms with Gasteiger partial charge in [0.1, 0.15) is 5.75 Å². The van der Waals surface area contributed by atoms with Crippen LogP contribution in [0.5, 0.6) is 5.75 Å². The van der Waals surface area contributed by atoms with Crippen LogP contribution in [-0.2, 0) is 6.42 Å². The van der Waals surface area contributed by atoms with Crippen molar-refractivity contribution in [1.82, 2.24) is 14.9 Å². The monoisotopic (exact) mass is 483 g/mol. The number of piperidine rings is 1. The van der Waals surface area contributed by atoms with Gasteiger partial charge >= 0.3 is 0 Å². The number of pyridine rings is 2. The van der Waals surface area contributed by atoms with E-state index >= 15 is 0 Å². The normalized spacial score (nSPS) is 17.1. The number of nitrogens with zero attached hydrogens (tertiary/aromatic N) is 3. The largest absolute Gasteiger partial charge is 0.497 e. The molecular weight excluding hydrogens is 450 g/mol. The maximum absolute atomic E-state index is 11.1. The quantitative estimate of drug-likeness (QED) is 0.430. The van der Waals surface area contributed by atoms with E-state index in [4.69, 9.17) is 16.3 Å². The zero-order chi connectivity index (χ0) is 24.0. The molecule has 2 aromatic heterocycles. The number of benzene rings is 1. The molecule has 34 heavy (non-hydrogen) atoms. The number of aryl methyl sites for hydroxylation is 1. The number of hydrogen-bond donors (Lipinski definition) is 2. The van der Waals surface area contributed by atoms with Crippen molar-refractivity contribution >= 4 is 22.5 Å². The summed E-state index contributed by atoms with van der Waals surface area (Å²) in [5.74, 6) is 0.701. The Bertz CT molecular complexity index is 1070. The lowest BCUT2D eigenvalue weighted by Gasteiger charge is -2.41. The first-order valence-corrected chi connectivity index (χ1v) is 12.4. The maximum Gasteiger partial charge on any atom is 0.119 e. The van der Waals surface area contributed by atoms with Crippen LogP contribution < -0.4 is 4.74 Å². The third-order valence-electron chi connectivity index (χ3n) is 7.24. The highest BCUT2D eigenvalue weighted by molar-refractivity contribution is 6.32. The minimum absolute atomic E-state index is 0.139. The number of fused-ring (bicyclic) bond motifs is 1. The molecule has 1 fully saturated rings. The van der Waals surface area contributed by atoms with E-state index in [9.17, 15) is 10.2 Å². The van der Waals surface area contributed by atoms with Gasteiger partial charge in [-0.05, 0) is 93.9 Å². The molecule has 0 saturated carbocycles. The molecule has 0 amide bonds. The molecule has 2 N–H and O–H groups in total. The molecule has 0 radical (unpaired) electrons. The molecule has 0 spiro atoms. The Morgan fingerprint density at radius 1 is 1.18 bits per heavy atom. The number of halogens is 1. The zero-order valence-electron chi connectivity index (χ0n) is 19.8. The van der Waals surface area contributed by atoms with Crippen molar-refractivity contribution in [3.05, 3.63) is 65.1 Å². The zero-order valence-corrected chi connectivity index (χ0v) is 20.5. The average molecular weight is 484 g/mol. The number of rotatable bonds is 10. The van der Waals surface area contributed by atoms with E-state index < -0.39 is 6.10 Å². The summed E-state index contributed by atoms with van der Waals surface area (Å²) in [6.45, 7) is 3.12. The van der Waals surface area contributed by atoms with Crippen LogP contribution in [0.1, 0.15) is 49.5 Å². The van der Waals surface area contributed by atoms with Crippen molar-refractivity contribution in [1.29, 1.82) is 0 Å². The van der Waals surface area contributed by atoms with E-state index in [1.165, 1.54) is 0 Å². The molecule has 1 aromatic carbocycles. The van der Waals surface area contributed by atoms with Crippen LogP contribution >= 0.6 is 11.6 Å². The number of methoxy groups -OCH3 is 1. The molecule has 1 aliphatic heterocycles.